The smallest absolute Gasteiger partial charge is 0.462 e. The fourth-order valence-electron chi connectivity index (χ4n) is 10.2. The Labute approximate surface area is 544 Å². The second-order valence-corrected chi connectivity index (χ2v) is 27.1. The first-order valence-electron chi connectivity index (χ1n) is 36.6. The maximum absolute atomic E-state index is 12.9. The van der Waals surface area contributed by atoms with E-state index in [1.165, 1.54) is 193 Å². The minimum atomic E-state index is -4.41. The molecule has 0 spiro atoms. The van der Waals surface area contributed by atoms with E-state index in [1.807, 2.05) is 21.1 Å². The fraction of sp³-hybridized carbons (Fsp3) is 0.744. The number of unbranched alkanes of at least 4 members (excludes halogenated alkanes) is 35. The number of likely N-dealkylation sites (N-methyl/N-ethyl adjacent to an activating group) is 1. The minimum absolute atomic E-state index is 0.0206. The van der Waals surface area contributed by atoms with Gasteiger partial charge in [0.05, 0.1) is 27.7 Å². The van der Waals surface area contributed by atoms with E-state index in [-0.39, 0.29) is 32.0 Å². The zero-order valence-electron chi connectivity index (χ0n) is 57.9. The Bertz CT molecular complexity index is 1850. The number of ether oxygens (including phenoxy) is 2. The Morgan fingerprint density at radius 3 is 0.966 bits per heavy atom. The summed E-state index contributed by atoms with van der Waals surface area (Å²) in [4.78, 5) is 35.9. The lowest BCUT2D eigenvalue weighted by molar-refractivity contribution is -0.870. The van der Waals surface area contributed by atoms with E-state index in [1.54, 1.807) is 0 Å². The van der Waals surface area contributed by atoms with Crippen LogP contribution in [0.1, 0.15) is 322 Å². The van der Waals surface area contributed by atoms with Crippen molar-refractivity contribution in [2.24, 2.45) is 0 Å². The van der Waals surface area contributed by atoms with Crippen LogP contribution in [0, 0.1) is 0 Å². The van der Waals surface area contributed by atoms with Crippen molar-refractivity contribution in [3.63, 3.8) is 0 Å². The highest BCUT2D eigenvalue weighted by molar-refractivity contribution is 7.47. The Balaban J connectivity index is 4.09. The maximum atomic E-state index is 12.9. The van der Waals surface area contributed by atoms with Gasteiger partial charge < -0.3 is 18.9 Å². The van der Waals surface area contributed by atoms with E-state index >= 15 is 0 Å². The van der Waals surface area contributed by atoms with Gasteiger partial charge in [-0.1, -0.05) is 335 Å². The summed E-state index contributed by atoms with van der Waals surface area (Å²) < 4.78 is 34.7. The van der Waals surface area contributed by atoms with Crippen LogP contribution in [0.15, 0.2) is 109 Å². The number of rotatable bonds is 67. The van der Waals surface area contributed by atoms with Crippen molar-refractivity contribution in [3.05, 3.63) is 109 Å². The molecule has 0 fully saturated rings. The molecule has 0 aliphatic carbocycles. The molecule has 508 valence electrons. The van der Waals surface area contributed by atoms with Crippen LogP contribution in [0.2, 0.25) is 0 Å². The number of nitrogens with zero attached hydrogens (tertiary/aromatic N) is 1. The van der Waals surface area contributed by atoms with Gasteiger partial charge in [0.2, 0.25) is 0 Å². The van der Waals surface area contributed by atoms with Gasteiger partial charge in [0.1, 0.15) is 19.8 Å². The van der Waals surface area contributed by atoms with E-state index < -0.39 is 26.5 Å². The Hall–Kier alpha value is -3.33. The number of hydrogen-bond donors (Lipinski definition) is 1. The molecule has 0 saturated carbocycles. The van der Waals surface area contributed by atoms with Gasteiger partial charge in [-0.05, 0) is 83.5 Å². The number of phosphoric ester groups is 1. The average Bonchev–Trinajstić information content (AvgIpc) is 3.68. The Kier molecular flexibility index (Phi) is 65.5. The van der Waals surface area contributed by atoms with Crippen molar-refractivity contribution in [2.45, 2.75) is 328 Å². The van der Waals surface area contributed by atoms with Crippen LogP contribution in [-0.4, -0.2) is 74.9 Å². The normalized spacial score (nSPS) is 13.8. The predicted molar refractivity (Wildman–Crippen MR) is 381 cm³/mol. The second kappa shape index (κ2) is 68.0. The molecule has 0 radical (unpaired) electrons. The lowest BCUT2D eigenvalue weighted by Crippen LogP contribution is -2.37. The van der Waals surface area contributed by atoms with Gasteiger partial charge in [-0.25, -0.2) is 4.57 Å². The molecule has 0 saturated heterocycles. The number of hydrogen-bond acceptors (Lipinski definition) is 7. The lowest BCUT2D eigenvalue weighted by atomic mass is 10.0. The van der Waals surface area contributed by atoms with Gasteiger partial charge in [0.15, 0.2) is 6.10 Å². The summed E-state index contributed by atoms with van der Waals surface area (Å²) in [7, 11) is 1.45. The molecule has 1 N–H and O–H groups in total. The highest BCUT2D eigenvalue weighted by atomic mass is 31.2. The minimum Gasteiger partial charge on any atom is -0.462 e. The molecule has 2 unspecified atom stereocenters. The van der Waals surface area contributed by atoms with Crippen LogP contribution in [-0.2, 0) is 32.7 Å². The molecule has 0 aliphatic heterocycles. The molecule has 0 aromatic carbocycles. The average molecular weight is 1250 g/mol. The van der Waals surface area contributed by atoms with Crippen LogP contribution in [0.5, 0.6) is 0 Å². The van der Waals surface area contributed by atoms with Gasteiger partial charge >= 0.3 is 19.8 Å². The second-order valence-electron chi connectivity index (χ2n) is 25.6. The van der Waals surface area contributed by atoms with Crippen LogP contribution in [0.4, 0.5) is 0 Å². The predicted octanol–water partition coefficient (Wildman–Crippen LogP) is 24.1. The molecule has 0 heterocycles. The van der Waals surface area contributed by atoms with E-state index in [2.05, 4.69) is 123 Å². The molecule has 0 aliphatic rings. The quantitative estimate of drug-likeness (QED) is 0.0211. The highest BCUT2D eigenvalue weighted by Gasteiger charge is 2.27. The number of quaternary nitrogens is 1. The number of esters is 2. The SMILES string of the molecule is CC/C=C\C/C=C\C/C=C\C/C=C\C/C=C\C/C=C\C/C=C\C/C=C\C/C=C\CCCCCC(=O)OC(COC(=O)CCCCCCCCCCCCCCCCCCCCCCCCCCCCCCCCCCC)COP(=O)(O)OCC[N+](C)(C)C. The third-order valence-corrected chi connectivity index (χ3v) is 16.8. The first kappa shape index (κ1) is 84.7. The number of carbonyl (C=O) groups excluding carboxylic acids is 2. The largest absolute Gasteiger partial charge is 0.472 e. The molecule has 9 nitrogen and oxygen atoms in total. The summed E-state index contributed by atoms with van der Waals surface area (Å²) in [5.74, 6) is -0.830. The lowest BCUT2D eigenvalue weighted by Gasteiger charge is -2.24. The van der Waals surface area contributed by atoms with E-state index in [0.29, 0.717) is 17.4 Å². The third kappa shape index (κ3) is 71.7. The summed E-state index contributed by atoms with van der Waals surface area (Å²) in [5, 5.41) is 0. The van der Waals surface area contributed by atoms with Crippen molar-refractivity contribution in [1.82, 2.24) is 0 Å². The summed E-state index contributed by atoms with van der Waals surface area (Å²) in [5.41, 5.74) is 0. The van der Waals surface area contributed by atoms with Crippen molar-refractivity contribution in [3.8, 4) is 0 Å². The van der Waals surface area contributed by atoms with Gasteiger partial charge in [0, 0.05) is 12.8 Å². The molecule has 0 rings (SSSR count). The zero-order chi connectivity index (χ0) is 64.1. The topological polar surface area (TPSA) is 108 Å². The van der Waals surface area contributed by atoms with Crippen LogP contribution >= 0.6 is 7.82 Å². The van der Waals surface area contributed by atoms with Gasteiger partial charge in [0.25, 0.3) is 0 Å². The first-order valence-corrected chi connectivity index (χ1v) is 38.1. The Morgan fingerprint density at radius 2 is 0.648 bits per heavy atom. The molecule has 88 heavy (non-hydrogen) atoms. The van der Waals surface area contributed by atoms with Crippen LogP contribution in [0.25, 0.3) is 0 Å². The molecular weight excluding hydrogens is 1110 g/mol. The number of carbonyl (C=O) groups is 2. The zero-order valence-corrected chi connectivity index (χ0v) is 58.8. The van der Waals surface area contributed by atoms with Crippen molar-refractivity contribution < 1.29 is 42.1 Å². The van der Waals surface area contributed by atoms with Gasteiger partial charge in [-0.3, -0.25) is 18.6 Å². The molecule has 10 heteroatoms. The fourth-order valence-corrected chi connectivity index (χ4v) is 11.0. The molecule has 0 amide bonds. The van der Waals surface area contributed by atoms with Gasteiger partial charge in [-0.2, -0.15) is 0 Å². The summed E-state index contributed by atoms with van der Waals surface area (Å²) in [6.07, 6.45) is 96.5. The first-order chi connectivity index (χ1) is 43.0. The Morgan fingerprint density at radius 1 is 0.364 bits per heavy atom. The molecule has 0 aromatic rings. The van der Waals surface area contributed by atoms with Crippen LogP contribution in [0.3, 0.4) is 0 Å². The highest BCUT2D eigenvalue weighted by Crippen LogP contribution is 2.43. The van der Waals surface area contributed by atoms with Crippen molar-refractivity contribution in [2.75, 3.05) is 47.5 Å². The van der Waals surface area contributed by atoms with Crippen LogP contribution < -0.4 is 0 Å². The molecule has 2 atom stereocenters. The monoisotopic (exact) mass is 1250 g/mol. The third-order valence-electron chi connectivity index (χ3n) is 15.8. The number of phosphoric acid groups is 1. The van der Waals surface area contributed by atoms with Gasteiger partial charge in [-0.15, -0.1) is 0 Å². The number of allylic oxidation sites excluding steroid dienone is 18. The summed E-state index contributed by atoms with van der Waals surface area (Å²) in [6, 6.07) is 0. The molecule has 0 aromatic heterocycles. The maximum Gasteiger partial charge on any atom is 0.472 e. The standard InChI is InChI=1S/C78H138NO8P/c1-6-8-10-12-14-16-18-20-22-24-26-28-30-32-34-36-38-39-41-42-44-46-48-50-52-54-56-58-60-62-64-66-68-70-77(80)84-74-76(75-86-88(82,83)85-73-72-79(3,4)5)87-78(81)71-69-67-65-63-61-59-57-55-53-51-49-47-45-43-40-37-35-33-31-29-27-25-23-21-19-17-15-13-11-9-7-2/h9,11,15,17,21,23,27,29,33,35,40,43,47,49,53,55,59,61,76H,6-8,10,12-14,16,18-20,22,24-26,28,30-32,34,36-39,41-42,44-46,48,50-52,54,56-58,60,62-75H2,1-5H3/p+1/b11-9-,17-15-,23-21-,29-27-,35-33-,43-40-,49-47-,55-53-,61-59-. The van der Waals surface area contributed by atoms with Crippen molar-refractivity contribution in [1.29, 1.82) is 0 Å². The van der Waals surface area contributed by atoms with Crippen molar-refractivity contribution >= 4 is 19.8 Å². The summed E-state index contributed by atoms with van der Waals surface area (Å²) >= 11 is 0. The van der Waals surface area contributed by atoms with E-state index in [0.717, 1.165) is 96.3 Å². The van der Waals surface area contributed by atoms with E-state index in [9.17, 15) is 19.0 Å². The summed E-state index contributed by atoms with van der Waals surface area (Å²) in [6.45, 7) is 4.31. The molecular formula is C78H139NO8P+. The van der Waals surface area contributed by atoms with E-state index in [4.69, 9.17) is 18.5 Å². The molecule has 0 bridgehead atoms.